The molecule has 4 nitrogen and oxygen atoms in total. The van der Waals surface area contributed by atoms with Gasteiger partial charge < -0.3 is 15.2 Å². The fourth-order valence-corrected chi connectivity index (χ4v) is 1.47. The molecule has 0 atom stereocenters. The van der Waals surface area contributed by atoms with E-state index in [0.29, 0.717) is 11.4 Å². The normalized spacial score (nSPS) is 9.76. The number of carboxylic acid groups (broad SMARTS) is 1. The number of fused-ring (bicyclic) bond motifs is 1. The Kier molecular flexibility index (Phi) is 4.84. The zero-order valence-corrected chi connectivity index (χ0v) is 10.2. The minimum absolute atomic E-state index is 0.261. The van der Waals surface area contributed by atoms with Gasteiger partial charge in [0.25, 0.3) is 0 Å². The summed E-state index contributed by atoms with van der Waals surface area (Å²) < 4.78 is 0. The molecular formula is C12H14ClNO3. The minimum Gasteiger partial charge on any atom is -0.506 e. The summed E-state index contributed by atoms with van der Waals surface area (Å²) in [5, 5.41) is 18.6. The van der Waals surface area contributed by atoms with Crippen LogP contribution in [-0.4, -0.2) is 21.2 Å². The fraction of sp³-hybridized carbons (Fsp3) is 0.250. The molecule has 0 fully saturated rings. The molecule has 0 amide bonds. The standard InChI is InChI=1S/C8H6ClNO.C4H8O2/c9-5-1-2-6-7(3-5)10-4-8(6)11;1-2-3-4(5)6/h1-4,10-11H;2-3H2,1H3,(H,5,6). The topological polar surface area (TPSA) is 73.3 Å². The molecule has 0 saturated heterocycles. The number of nitrogens with one attached hydrogen (secondary N) is 1. The van der Waals surface area contributed by atoms with E-state index in [2.05, 4.69) is 4.98 Å². The SMILES string of the molecule is CCCC(=O)O.Oc1c[nH]c2cc(Cl)ccc12. The van der Waals surface area contributed by atoms with E-state index in [4.69, 9.17) is 16.7 Å². The molecule has 0 spiro atoms. The minimum atomic E-state index is -0.711. The molecule has 17 heavy (non-hydrogen) atoms. The molecule has 2 aromatic rings. The number of rotatable bonds is 2. The van der Waals surface area contributed by atoms with Crippen LogP contribution in [0.3, 0.4) is 0 Å². The van der Waals surface area contributed by atoms with Gasteiger partial charge in [0.1, 0.15) is 5.75 Å². The molecule has 5 heteroatoms. The van der Waals surface area contributed by atoms with Crippen LogP contribution in [0.1, 0.15) is 19.8 Å². The Morgan fingerprint density at radius 1 is 1.47 bits per heavy atom. The largest absolute Gasteiger partial charge is 0.506 e. The van der Waals surface area contributed by atoms with Crippen molar-refractivity contribution in [1.29, 1.82) is 0 Å². The number of aromatic hydroxyl groups is 1. The summed E-state index contributed by atoms with van der Waals surface area (Å²) in [5.74, 6) is -0.450. The summed E-state index contributed by atoms with van der Waals surface area (Å²) >= 11 is 5.73. The Bertz CT molecular complexity index is 507. The number of aliphatic carboxylic acids is 1. The quantitative estimate of drug-likeness (QED) is 0.770. The number of hydrogen-bond donors (Lipinski definition) is 3. The molecule has 0 radical (unpaired) electrons. The van der Waals surface area contributed by atoms with Crippen LogP contribution < -0.4 is 0 Å². The number of aromatic nitrogens is 1. The summed E-state index contributed by atoms with van der Waals surface area (Å²) in [7, 11) is 0. The molecule has 0 aliphatic carbocycles. The van der Waals surface area contributed by atoms with Crippen molar-refractivity contribution in [2.75, 3.05) is 0 Å². The number of carbonyl (C=O) groups is 1. The summed E-state index contributed by atoms with van der Waals surface area (Å²) in [6, 6.07) is 5.30. The fourth-order valence-electron chi connectivity index (χ4n) is 1.30. The van der Waals surface area contributed by atoms with Gasteiger partial charge in [0.05, 0.1) is 5.52 Å². The van der Waals surface area contributed by atoms with Crippen molar-refractivity contribution in [1.82, 2.24) is 4.98 Å². The van der Waals surface area contributed by atoms with Gasteiger partial charge >= 0.3 is 5.97 Å². The number of H-pyrrole nitrogens is 1. The number of hydrogen-bond acceptors (Lipinski definition) is 2. The van der Waals surface area contributed by atoms with Crippen molar-refractivity contribution in [3.05, 3.63) is 29.4 Å². The number of aromatic amines is 1. The lowest BCUT2D eigenvalue weighted by Crippen LogP contribution is -1.90. The first-order valence-electron chi connectivity index (χ1n) is 5.22. The second kappa shape index (κ2) is 6.15. The van der Waals surface area contributed by atoms with E-state index >= 15 is 0 Å². The third-order valence-electron chi connectivity index (χ3n) is 2.09. The second-order valence-corrected chi connectivity index (χ2v) is 3.94. The lowest BCUT2D eigenvalue weighted by atomic mass is 10.2. The van der Waals surface area contributed by atoms with Crippen LogP contribution in [-0.2, 0) is 4.79 Å². The highest BCUT2D eigenvalue weighted by molar-refractivity contribution is 6.31. The maximum atomic E-state index is 9.60. The van der Waals surface area contributed by atoms with Gasteiger partial charge in [-0.05, 0) is 24.6 Å². The molecule has 0 aliphatic rings. The van der Waals surface area contributed by atoms with Crippen LogP contribution in [0, 0.1) is 0 Å². The van der Waals surface area contributed by atoms with E-state index in [-0.39, 0.29) is 5.75 Å². The molecule has 0 unspecified atom stereocenters. The molecule has 0 aliphatic heterocycles. The summed E-state index contributed by atoms with van der Waals surface area (Å²) in [6.07, 6.45) is 2.57. The lowest BCUT2D eigenvalue weighted by molar-refractivity contribution is -0.137. The third kappa shape index (κ3) is 4.00. The first-order chi connectivity index (χ1) is 8.04. The average molecular weight is 256 g/mol. The molecule has 2 rings (SSSR count). The van der Waals surface area contributed by atoms with Crippen molar-refractivity contribution >= 4 is 28.5 Å². The van der Waals surface area contributed by atoms with Crippen LogP contribution in [0.5, 0.6) is 5.75 Å². The van der Waals surface area contributed by atoms with Crippen LogP contribution in [0.15, 0.2) is 24.4 Å². The third-order valence-corrected chi connectivity index (χ3v) is 2.32. The van der Waals surface area contributed by atoms with Crippen LogP contribution >= 0.6 is 11.6 Å². The monoisotopic (exact) mass is 255 g/mol. The Hall–Kier alpha value is -1.68. The highest BCUT2D eigenvalue weighted by atomic mass is 35.5. The average Bonchev–Trinajstić information content (AvgIpc) is 2.60. The van der Waals surface area contributed by atoms with Crippen LogP contribution in [0.25, 0.3) is 10.9 Å². The summed E-state index contributed by atoms with van der Waals surface area (Å²) in [4.78, 5) is 12.5. The Morgan fingerprint density at radius 3 is 2.71 bits per heavy atom. The second-order valence-electron chi connectivity index (χ2n) is 3.51. The molecular weight excluding hydrogens is 242 g/mol. The van der Waals surface area contributed by atoms with Gasteiger partial charge in [0, 0.05) is 23.0 Å². The van der Waals surface area contributed by atoms with Gasteiger partial charge in [-0.15, -0.1) is 0 Å². The number of halogens is 1. The maximum Gasteiger partial charge on any atom is 0.303 e. The Labute approximate surface area is 104 Å². The van der Waals surface area contributed by atoms with E-state index in [1.54, 1.807) is 24.4 Å². The van der Waals surface area contributed by atoms with E-state index in [1.165, 1.54) is 0 Å². The smallest absolute Gasteiger partial charge is 0.303 e. The van der Waals surface area contributed by atoms with E-state index in [9.17, 15) is 9.90 Å². The molecule has 1 heterocycles. The van der Waals surface area contributed by atoms with Crippen molar-refractivity contribution in [2.45, 2.75) is 19.8 Å². The van der Waals surface area contributed by atoms with E-state index < -0.39 is 5.97 Å². The predicted octanol–water partition coefficient (Wildman–Crippen LogP) is 3.40. The van der Waals surface area contributed by atoms with E-state index in [0.717, 1.165) is 17.3 Å². The van der Waals surface area contributed by atoms with Gasteiger partial charge in [-0.3, -0.25) is 4.79 Å². The number of benzene rings is 1. The van der Waals surface area contributed by atoms with Gasteiger partial charge in [-0.25, -0.2) is 0 Å². The zero-order chi connectivity index (χ0) is 12.8. The van der Waals surface area contributed by atoms with Crippen molar-refractivity contribution < 1.29 is 15.0 Å². The van der Waals surface area contributed by atoms with Gasteiger partial charge in [-0.1, -0.05) is 18.5 Å². The number of carboxylic acids is 1. The molecule has 3 N–H and O–H groups in total. The summed E-state index contributed by atoms with van der Waals surface area (Å²) in [5.41, 5.74) is 0.856. The van der Waals surface area contributed by atoms with Gasteiger partial charge in [0.2, 0.25) is 0 Å². The van der Waals surface area contributed by atoms with E-state index in [1.807, 2.05) is 6.92 Å². The molecule has 1 aromatic carbocycles. The highest BCUT2D eigenvalue weighted by Crippen LogP contribution is 2.25. The first kappa shape index (κ1) is 13.4. The van der Waals surface area contributed by atoms with Gasteiger partial charge in [0.15, 0.2) is 0 Å². The van der Waals surface area contributed by atoms with Crippen LogP contribution in [0.4, 0.5) is 0 Å². The van der Waals surface area contributed by atoms with Crippen LogP contribution in [0.2, 0.25) is 5.02 Å². The molecule has 0 bridgehead atoms. The molecule has 1 aromatic heterocycles. The Morgan fingerprint density at radius 2 is 2.18 bits per heavy atom. The van der Waals surface area contributed by atoms with Gasteiger partial charge in [-0.2, -0.15) is 0 Å². The molecule has 0 saturated carbocycles. The zero-order valence-electron chi connectivity index (χ0n) is 9.40. The van der Waals surface area contributed by atoms with Crippen molar-refractivity contribution in [3.8, 4) is 5.75 Å². The highest BCUT2D eigenvalue weighted by Gasteiger charge is 2.00. The predicted molar refractivity (Wildman–Crippen MR) is 67.5 cm³/mol. The Balaban J connectivity index is 0.000000209. The summed E-state index contributed by atoms with van der Waals surface area (Å²) in [6.45, 7) is 1.84. The first-order valence-corrected chi connectivity index (χ1v) is 5.59. The molecule has 92 valence electrons. The van der Waals surface area contributed by atoms with Crippen molar-refractivity contribution in [2.24, 2.45) is 0 Å². The lowest BCUT2D eigenvalue weighted by Gasteiger charge is -1.90. The maximum absolute atomic E-state index is 9.60. The van der Waals surface area contributed by atoms with Crippen molar-refractivity contribution in [3.63, 3.8) is 0 Å².